The average molecular weight is 212 g/mol. The van der Waals surface area contributed by atoms with Crippen LogP contribution in [0.4, 0.5) is 8.78 Å². The molecule has 1 aromatic heterocycles. The number of alkyl halides is 2. The molecule has 0 aromatic carbocycles. The molecule has 0 radical (unpaired) electrons. The third-order valence-corrected chi connectivity index (χ3v) is 2.66. The minimum absolute atomic E-state index is 0.00474. The topological polar surface area (TPSA) is 16.1 Å². The van der Waals surface area contributed by atoms with Crippen molar-refractivity contribution >= 4 is 0 Å². The van der Waals surface area contributed by atoms with Crippen LogP contribution in [0.5, 0.6) is 0 Å². The molecule has 1 aliphatic heterocycles. The summed E-state index contributed by atoms with van der Waals surface area (Å²) in [5.74, 6) is -2.48. The lowest BCUT2D eigenvalue weighted by atomic mass is 10.2. The van der Waals surface area contributed by atoms with Crippen molar-refractivity contribution in [1.82, 2.24) is 9.88 Å². The molecule has 2 rings (SSSR count). The van der Waals surface area contributed by atoms with Crippen LogP contribution < -0.4 is 0 Å². The summed E-state index contributed by atoms with van der Waals surface area (Å²) in [6.45, 7) is 1.08. The minimum atomic E-state index is -2.48. The van der Waals surface area contributed by atoms with Gasteiger partial charge in [-0.05, 0) is 12.1 Å². The van der Waals surface area contributed by atoms with Gasteiger partial charge < -0.3 is 0 Å². The standard InChI is InChI=1S/C11H14F2N2/c12-11(13)5-8-15(9-11)7-4-10-3-1-2-6-14-10/h1-3,6H,4-5,7-9H2. The second-order valence-corrected chi connectivity index (χ2v) is 3.95. The van der Waals surface area contributed by atoms with E-state index in [4.69, 9.17) is 0 Å². The predicted molar refractivity (Wildman–Crippen MR) is 53.9 cm³/mol. The highest BCUT2D eigenvalue weighted by atomic mass is 19.3. The van der Waals surface area contributed by atoms with Crippen LogP contribution in [0.25, 0.3) is 0 Å². The largest absolute Gasteiger partial charge is 0.297 e. The SMILES string of the molecule is FC1(F)CCN(CCc2ccccn2)C1. The second-order valence-electron chi connectivity index (χ2n) is 3.95. The number of rotatable bonds is 3. The lowest BCUT2D eigenvalue weighted by molar-refractivity contribution is 0.0123. The van der Waals surface area contributed by atoms with Crippen LogP contribution in [0.3, 0.4) is 0 Å². The van der Waals surface area contributed by atoms with Crippen molar-refractivity contribution in [1.29, 1.82) is 0 Å². The van der Waals surface area contributed by atoms with E-state index in [1.165, 1.54) is 0 Å². The van der Waals surface area contributed by atoms with Gasteiger partial charge in [0.2, 0.25) is 0 Å². The Bertz CT molecular complexity index is 314. The maximum atomic E-state index is 12.9. The molecule has 1 aliphatic rings. The monoisotopic (exact) mass is 212 g/mol. The summed E-state index contributed by atoms with van der Waals surface area (Å²) in [5, 5.41) is 0. The van der Waals surface area contributed by atoms with Gasteiger partial charge in [0.15, 0.2) is 0 Å². The Morgan fingerprint density at radius 3 is 2.87 bits per heavy atom. The Morgan fingerprint density at radius 1 is 1.40 bits per heavy atom. The van der Waals surface area contributed by atoms with Crippen LogP contribution in [0, 0.1) is 0 Å². The summed E-state index contributed by atoms with van der Waals surface area (Å²) in [5.41, 5.74) is 0.965. The highest BCUT2D eigenvalue weighted by Crippen LogP contribution is 2.26. The number of hydrogen-bond donors (Lipinski definition) is 0. The van der Waals surface area contributed by atoms with Crippen LogP contribution in [0.1, 0.15) is 12.1 Å². The van der Waals surface area contributed by atoms with E-state index < -0.39 is 5.92 Å². The lowest BCUT2D eigenvalue weighted by Crippen LogP contribution is -2.27. The molecule has 1 saturated heterocycles. The smallest absolute Gasteiger partial charge is 0.261 e. The van der Waals surface area contributed by atoms with Crippen molar-refractivity contribution in [3.63, 3.8) is 0 Å². The molecule has 0 spiro atoms. The second kappa shape index (κ2) is 4.23. The van der Waals surface area contributed by atoms with Crippen molar-refractivity contribution in [3.8, 4) is 0 Å². The predicted octanol–water partition coefficient (Wildman–Crippen LogP) is 1.97. The van der Waals surface area contributed by atoms with Gasteiger partial charge >= 0.3 is 0 Å². The third-order valence-electron chi connectivity index (χ3n) is 2.66. The molecule has 4 heteroatoms. The Morgan fingerprint density at radius 2 is 2.27 bits per heavy atom. The average Bonchev–Trinajstić information content (AvgIpc) is 2.57. The molecule has 0 N–H and O–H groups in total. The summed E-state index contributed by atoms with van der Waals surface area (Å²) in [7, 11) is 0. The number of nitrogens with zero attached hydrogens (tertiary/aromatic N) is 2. The van der Waals surface area contributed by atoms with Crippen molar-refractivity contribution in [2.75, 3.05) is 19.6 Å². The molecule has 0 saturated carbocycles. The van der Waals surface area contributed by atoms with Gasteiger partial charge in [-0.25, -0.2) is 8.78 Å². The van der Waals surface area contributed by atoms with Crippen LogP contribution >= 0.6 is 0 Å². The number of likely N-dealkylation sites (tertiary alicyclic amines) is 1. The lowest BCUT2D eigenvalue weighted by Gasteiger charge is -2.14. The molecule has 15 heavy (non-hydrogen) atoms. The number of halogens is 2. The van der Waals surface area contributed by atoms with Gasteiger partial charge in [-0.3, -0.25) is 9.88 Å². The van der Waals surface area contributed by atoms with E-state index in [1.807, 2.05) is 18.2 Å². The molecular weight excluding hydrogens is 198 g/mol. The van der Waals surface area contributed by atoms with E-state index in [-0.39, 0.29) is 13.0 Å². The van der Waals surface area contributed by atoms with Gasteiger partial charge in [-0.15, -0.1) is 0 Å². The Kier molecular flexibility index (Phi) is 2.95. The molecule has 0 atom stereocenters. The zero-order valence-corrected chi connectivity index (χ0v) is 8.50. The molecule has 1 fully saturated rings. The first kappa shape index (κ1) is 10.5. The van der Waals surface area contributed by atoms with Gasteiger partial charge in [0, 0.05) is 37.8 Å². The number of hydrogen-bond acceptors (Lipinski definition) is 2. The molecule has 0 bridgehead atoms. The fourth-order valence-electron chi connectivity index (χ4n) is 1.82. The van der Waals surface area contributed by atoms with Gasteiger partial charge in [-0.1, -0.05) is 6.07 Å². The molecule has 2 heterocycles. The maximum absolute atomic E-state index is 12.9. The van der Waals surface area contributed by atoms with Crippen LogP contribution in [0.15, 0.2) is 24.4 Å². The van der Waals surface area contributed by atoms with Crippen molar-refractivity contribution < 1.29 is 8.78 Å². The number of pyridine rings is 1. The molecule has 0 amide bonds. The Labute approximate surface area is 87.9 Å². The fourth-order valence-corrected chi connectivity index (χ4v) is 1.82. The quantitative estimate of drug-likeness (QED) is 0.761. The zero-order valence-electron chi connectivity index (χ0n) is 8.50. The van der Waals surface area contributed by atoms with E-state index in [2.05, 4.69) is 4.98 Å². The van der Waals surface area contributed by atoms with Crippen LogP contribution in [0.2, 0.25) is 0 Å². The summed E-state index contributed by atoms with van der Waals surface area (Å²) in [6, 6.07) is 5.70. The zero-order chi connectivity index (χ0) is 10.7. The molecular formula is C11H14F2N2. The third kappa shape index (κ3) is 2.96. The van der Waals surface area contributed by atoms with Crippen molar-refractivity contribution in [3.05, 3.63) is 30.1 Å². The van der Waals surface area contributed by atoms with Crippen LogP contribution in [-0.4, -0.2) is 35.4 Å². The summed E-state index contributed by atoms with van der Waals surface area (Å²) in [4.78, 5) is 5.96. The van der Waals surface area contributed by atoms with Gasteiger partial charge in [0.05, 0.1) is 6.54 Å². The Hall–Kier alpha value is -1.03. The van der Waals surface area contributed by atoms with Gasteiger partial charge in [-0.2, -0.15) is 0 Å². The van der Waals surface area contributed by atoms with E-state index >= 15 is 0 Å². The van der Waals surface area contributed by atoms with E-state index in [9.17, 15) is 8.78 Å². The van der Waals surface area contributed by atoms with Gasteiger partial charge in [0.25, 0.3) is 5.92 Å². The van der Waals surface area contributed by atoms with E-state index in [0.717, 1.165) is 12.1 Å². The highest BCUT2D eigenvalue weighted by Gasteiger charge is 2.37. The Balaban J connectivity index is 1.80. The summed E-state index contributed by atoms with van der Waals surface area (Å²) >= 11 is 0. The molecule has 1 aromatic rings. The molecule has 0 aliphatic carbocycles. The maximum Gasteiger partial charge on any atom is 0.261 e. The highest BCUT2D eigenvalue weighted by molar-refractivity contribution is 5.04. The van der Waals surface area contributed by atoms with Crippen molar-refractivity contribution in [2.24, 2.45) is 0 Å². The minimum Gasteiger partial charge on any atom is -0.297 e. The van der Waals surface area contributed by atoms with Crippen LogP contribution in [-0.2, 0) is 6.42 Å². The van der Waals surface area contributed by atoms with E-state index in [0.29, 0.717) is 13.1 Å². The van der Waals surface area contributed by atoms with Crippen molar-refractivity contribution in [2.45, 2.75) is 18.8 Å². The molecule has 82 valence electrons. The summed E-state index contributed by atoms with van der Waals surface area (Å²) < 4.78 is 25.7. The van der Waals surface area contributed by atoms with E-state index in [1.54, 1.807) is 11.1 Å². The first-order valence-corrected chi connectivity index (χ1v) is 5.16. The fraction of sp³-hybridized carbons (Fsp3) is 0.545. The normalized spacial score (nSPS) is 20.7. The first-order valence-electron chi connectivity index (χ1n) is 5.16. The molecule has 0 unspecified atom stereocenters. The first-order chi connectivity index (χ1) is 7.16. The van der Waals surface area contributed by atoms with Gasteiger partial charge in [0.1, 0.15) is 0 Å². The summed E-state index contributed by atoms with van der Waals surface area (Å²) in [6.07, 6.45) is 2.47. The molecule has 2 nitrogen and oxygen atoms in total. The number of aromatic nitrogens is 1.